The molecule has 98 valence electrons. The minimum absolute atomic E-state index is 0.313. The summed E-state index contributed by atoms with van der Waals surface area (Å²) in [5.74, 6) is 0. The number of rotatable bonds is 3. The van der Waals surface area contributed by atoms with E-state index in [4.69, 9.17) is 29.6 Å². The lowest BCUT2D eigenvalue weighted by atomic mass is 10.1. The zero-order chi connectivity index (χ0) is 14.0. The van der Waals surface area contributed by atoms with Crippen molar-refractivity contribution in [1.82, 2.24) is 0 Å². The molecule has 0 unspecified atom stereocenters. The van der Waals surface area contributed by atoms with Crippen molar-refractivity contribution in [2.75, 3.05) is 5.32 Å². The SMILES string of the molecule is Cc1ccc(Nc2ccc(Cl)cc2C(N)=S)c(Br)c1. The van der Waals surface area contributed by atoms with Crippen molar-refractivity contribution < 1.29 is 0 Å². The van der Waals surface area contributed by atoms with Crippen molar-refractivity contribution in [3.8, 4) is 0 Å². The van der Waals surface area contributed by atoms with Crippen LogP contribution in [-0.2, 0) is 0 Å². The van der Waals surface area contributed by atoms with Gasteiger partial charge in [-0.2, -0.15) is 0 Å². The van der Waals surface area contributed by atoms with Crippen molar-refractivity contribution in [3.05, 3.63) is 57.0 Å². The molecule has 2 rings (SSSR count). The summed E-state index contributed by atoms with van der Waals surface area (Å²) in [6, 6.07) is 11.5. The zero-order valence-electron chi connectivity index (χ0n) is 10.2. The second-order valence-corrected chi connectivity index (χ2v) is 5.89. The first-order valence-electron chi connectivity index (χ1n) is 5.60. The molecule has 0 aliphatic heterocycles. The van der Waals surface area contributed by atoms with E-state index in [9.17, 15) is 0 Å². The molecule has 2 nitrogen and oxygen atoms in total. The number of hydrogen-bond donors (Lipinski definition) is 2. The van der Waals surface area contributed by atoms with Crippen LogP contribution in [0.3, 0.4) is 0 Å². The molecule has 2 aromatic rings. The smallest absolute Gasteiger partial charge is 0.106 e. The summed E-state index contributed by atoms with van der Waals surface area (Å²) in [6.07, 6.45) is 0. The van der Waals surface area contributed by atoms with Gasteiger partial charge in [0.2, 0.25) is 0 Å². The molecule has 0 amide bonds. The van der Waals surface area contributed by atoms with Gasteiger partial charge in [0.25, 0.3) is 0 Å². The fraction of sp³-hybridized carbons (Fsp3) is 0.0714. The van der Waals surface area contributed by atoms with Crippen LogP contribution in [-0.4, -0.2) is 4.99 Å². The van der Waals surface area contributed by atoms with E-state index in [-0.39, 0.29) is 0 Å². The molecule has 0 radical (unpaired) electrons. The molecule has 0 atom stereocenters. The second kappa shape index (κ2) is 5.90. The lowest BCUT2D eigenvalue weighted by Gasteiger charge is -2.13. The maximum Gasteiger partial charge on any atom is 0.106 e. The van der Waals surface area contributed by atoms with Gasteiger partial charge >= 0.3 is 0 Å². The number of thiocarbonyl (C=S) groups is 1. The quantitative estimate of drug-likeness (QED) is 0.778. The summed E-state index contributed by atoms with van der Waals surface area (Å²) in [7, 11) is 0. The average molecular weight is 356 g/mol. The highest BCUT2D eigenvalue weighted by molar-refractivity contribution is 9.10. The molecule has 0 aliphatic rings. The van der Waals surface area contributed by atoms with Gasteiger partial charge in [-0.05, 0) is 58.7 Å². The Morgan fingerprint density at radius 2 is 1.89 bits per heavy atom. The van der Waals surface area contributed by atoms with Crippen LogP contribution in [0.25, 0.3) is 0 Å². The van der Waals surface area contributed by atoms with Gasteiger partial charge < -0.3 is 11.1 Å². The average Bonchev–Trinajstić information content (AvgIpc) is 2.34. The zero-order valence-corrected chi connectivity index (χ0v) is 13.4. The summed E-state index contributed by atoms with van der Waals surface area (Å²) >= 11 is 14.5. The Labute approximate surface area is 131 Å². The molecule has 0 spiro atoms. The van der Waals surface area contributed by atoms with Gasteiger partial charge in [0.1, 0.15) is 4.99 Å². The third kappa shape index (κ3) is 3.47. The van der Waals surface area contributed by atoms with E-state index in [0.29, 0.717) is 10.0 Å². The Morgan fingerprint density at radius 3 is 2.53 bits per heavy atom. The maximum atomic E-state index is 5.96. The Balaban J connectivity index is 2.40. The van der Waals surface area contributed by atoms with Crippen LogP contribution in [0.1, 0.15) is 11.1 Å². The minimum atomic E-state index is 0.313. The van der Waals surface area contributed by atoms with Crippen LogP contribution < -0.4 is 11.1 Å². The largest absolute Gasteiger partial charge is 0.389 e. The first-order chi connectivity index (χ1) is 8.97. The molecule has 0 fully saturated rings. The van der Waals surface area contributed by atoms with E-state index < -0.39 is 0 Å². The number of anilines is 2. The molecule has 0 bridgehead atoms. The highest BCUT2D eigenvalue weighted by atomic mass is 79.9. The van der Waals surface area contributed by atoms with Crippen LogP contribution in [0, 0.1) is 6.92 Å². The number of hydrogen-bond acceptors (Lipinski definition) is 2. The summed E-state index contributed by atoms with van der Waals surface area (Å²) in [5.41, 5.74) is 9.42. The number of nitrogens with two attached hydrogens (primary N) is 1. The van der Waals surface area contributed by atoms with E-state index in [1.165, 1.54) is 5.56 Å². The van der Waals surface area contributed by atoms with Crippen molar-refractivity contribution in [2.45, 2.75) is 6.92 Å². The molecule has 3 N–H and O–H groups in total. The molecule has 19 heavy (non-hydrogen) atoms. The monoisotopic (exact) mass is 354 g/mol. The molecule has 0 heterocycles. The van der Waals surface area contributed by atoms with Crippen LogP contribution >= 0.6 is 39.7 Å². The maximum absolute atomic E-state index is 5.96. The number of aryl methyl sites for hydroxylation is 1. The Morgan fingerprint density at radius 1 is 1.21 bits per heavy atom. The molecule has 0 aliphatic carbocycles. The van der Waals surface area contributed by atoms with Gasteiger partial charge in [-0.15, -0.1) is 0 Å². The van der Waals surface area contributed by atoms with Gasteiger partial charge in [-0.25, -0.2) is 0 Å². The first kappa shape index (κ1) is 14.3. The molecule has 0 saturated carbocycles. The van der Waals surface area contributed by atoms with Gasteiger partial charge in [0.15, 0.2) is 0 Å². The second-order valence-electron chi connectivity index (χ2n) is 4.16. The highest BCUT2D eigenvalue weighted by Gasteiger charge is 2.08. The van der Waals surface area contributed by atoms with E-state index in [1.807, 2.05) is 31.2 Å². The summed E-state index contributed by atoms with van der Waals surface area (Å²) in [4.78, 5) is 0.313. The molecule has 0 aromatic heterocycles. The van der Waals surface area contributed by atoms with E-state index in [0.717, 1.165) is 21.4 Å². The Bertz CT molecular complexity index is 643. The number of halogens is 2. The Hall–Kier alpha value is -1.10. The van der Waals surface area contributed by atoms with Gasteiger partial charge in [0, 0.05) is 20.7 Å². The molecular weight excluding hydrogens is 344 g/mol. The van der Waals surface area contributed by atoms with Crippen molar-refractivity contribution >= 4 is 56.1 Å². The first-order valence-corrected chi connectivity index (χ1v) is 7.18. The van der Waals surface area contributed by atoms with Crippen molar-refractivity contribution in [3.63, 3.8) is 0 Å². The van der Waals surface area contributed by atoms with Gasteiger partial charge in [0.05, 0.1) is 5.69 Å². The summed E-state index contributed by atoms with van der Waals surface area (Å²) in [5, 5.41) is 3.91. The van der Waals surface area contributed by atoms with Crippen molar-refractivity contribution in [2.24, 2.45) is 5.73 Å². The van der Waals surface area contributed by atoms with Crippen LogP contribution in [0.5, 0.6) is 0 Å². The van der Waals surface area contributed by atoms with Crippen molar-refractivity contribution in [1.29, 1.82) is 0 Å². The fourth-order valence-corrected chi connectivity index (χ4v) is 2.63. The third-order valence-corrected chi connectivity index (χ3v) is 3.75. The predicted molar refractivity (Wildman–Crippen MR) is 89.5 cm³/mol. The van der Waals surface area contributed by atoms with Crippen LogP contribution in [0.15, 0.2) is 40.9 Å². The third-order valence-electron chi connectivity index (χ3n) is 2.64. The predicted octanol–water partition coefficient (Wildman–Crippen LogP) is 4.79. The summed E-state index contributed by atoms with van der Waals surface area (Å²) in [6.45, 7) is 2.04. The minimum Gasteiger partial charge on any atom is -0.389 e. The highest BCUT2D eigenvalue weighted by Crippen LogP contribution is 2.29. The van der Waals surface area contributed by atoms with Gasteiger partial charge in [-0.1, -0.05) is 29.9 Å². The Kier molecular flexibility index (Phi) is 4.45. The normalized spacial score (nSPS) is 10.3. The van der Waals surface area contributed by atoms with Crippen LogP contribution in [0.2, 0.25) is 5.02 Å². The lowest BCUT2D eigenvalue weighted by molar-refractivity contribution is 1.43. The molecule has 5 heteroatoms. The fourth-order valence-electron chi connectivity index (χ4n) is 1.70. The summed E-state index contributed by atoms with van der Waals surface area (Å²) < 4.78 is 0.983. The molecular formula is C14H12BrClN2S. The topological polar surface area (TPSA) is 38.0 Å². The van der Waals surface area contributed by atoms with E-state index in [1.54, 1.807) is 12.1 Å². The molecule has 0 saturated heterocycles. The van der Waals surface area contributed by atoms with E-state index in [2.05, 4.69) is 21.2 Å². The standard InChI is InChI=1S/C14H12BrClN2S/c1-8-2-4-13(11(15)6-8)18-12-5-3-9(16)7-10(12)14(17)19/h2-7,18H,1H3,(H2,17,19). The van der Waals surface area contributed by atoms with E-state index >= 15 is 0 Å². The molecule has 2 aromatic carbocycles. The van der Waals surface area contributed by atoms with Crippen LogP contribution in [0.4, 0.5) is 11.4 Å². The number of nitrogens with one attached hydrogen (secondary N) is 1. The van der Waals surface area contributed by atoms with Gasteiger partial charge in [-0.3, -0.25) is 0 Å². The lowest BCUT2D eigenvalue weighted by Crippen LogP contribution is -2.12. The number of benzene rings is 2.